The summed E-state index contributed by atoms with van der Waals surface area (Å²) in [7, 11) is 0. The van der Waals surface area contributed by atoms with Crippen LogP contribution in [0.2, 0.25) is 0 Å². The first kappa shape index (κ1) is 30.0. The summed E-state index contributed by atoms with van der Waals surface area (Å²) in [6, 6.07) is 20.3. The van der Waals surface area contributed by atoms with Gasteiger partial charge in [-0.3, -0.25) is 9.69 Å². The van der Waals surface area contributed by atoms with Crippen LogP contribution in [0.5, 0.6) is 11.5 Å². The van der Waals surface area contributed by atoms with E-state index in [1.54, 1.807) is 18.2 Å². The largest absolute Gasteiger partial charge is 0.508 e. The highest BCUT2D eigenvalue weighted by Crippen LogP contribution is 2.29. The van der Waals surface area contributed by atoms with Crippen molar-refractivity contribution in [2.45, 2.75) is 38.8 Å². The number of ether oxygens (including phenoxy) is 1. The predicted molar refractivity (Wildman–Crippen MR) is 164 cm³/mol. The van der Waals surface area contributed by atoms with Gasteiger partial charge in [0.2, 0.25) is 5.91 Å². The molecule has 0 bridgehead atoms. The van der Waals surface area contributed by atoms with Crippen LogP contribution in [0, 0.1) is 11.7 Å². The first-order valence-corrected chi connectivity index (χ1v) is 15.2. The molecule has 8 heteroatoms. The number of carbonyl (C=O) groups excluding carboxylic acids is 1. The quantitative estimate of drug-likeness (QED) is 0.371. The highest BCUT2D eigenvalue weighted by Gasteiger charge is 2.33. The Kier molecular flexibility index (Phi) is 10.1. The van der Waals surface area contributed by atoms with Gasteiger partial charge in [-0.25, -0.2) is 4.39 Å². The molecule has 0 aromatic heterocycles. The predicted octanol–water partition coefficient (Wildman–Crippen LogP) is 4.52. The fourth-order valence-corrected chi connectivity index (χ4v) is 6.23. The van der Waals surface area contributed by atoms with E-state index in [0.29, 0.717) is 50.6 Å². The lowest BCUT2D eigenvalue weighted by molar-refractivity contribution is -0.136. The molecule has 0 radical (unpaired) electrons. The summed E-state index contributed by atoms with van der Waals surface area (Å²) in [5.41, 5.74) is 10.5. The zero-order valence-corrected chi connectivity index (χ0v) is 24.6. The van der Waals surface area contributed by atoms with Crippen LogP contribution in [0.25, 0.3) is 11.1 Å². The maximum Gasteiger partial charge on any atom is 0.239 e. The number of aromatic hydroxyl groups is 1. The molecular formula is C34H43FN4O3. The van der Waals surface area contributed by atoms with E-state index >= 15 is 0 Å². The SMILES string of the molecule is CCOc1cccc(F)c1CN1CCN(C(=O)[C@H](N)C2CCN(CCc3ccc(O)cc3-c3ccccc3)CC2)CC1. The number of piperidine rings is 1. The van der Waals surface area contributed by atoms with Gasteiger partial charge in [0.25, 0.3) is 0 Å². The molecule has 224 valence electrons. The summed E-state index contributed by atoms with van der Waals surface area (Å²) in [6.07, 6.45) is 2.70. The van der Waals surface area contributed by atoms with Crippen LogP contribution in [0.4, 0.5) is 4.39 Å². The fraction of sp³-hybridized carbons (Fsp3) is 0.441. The number of benzene rings is 3. The van der Waals surface area contributed by atoms with Crippen molar-refractivity contribution in [2.75, 3.05) is 52.4 Å². The van der Waals surface area contributed by atoms with Crippen molar-refractivity contribution in [2.24, 2.45) is 11.7 Å². The zero-order chi connectivity index (χ0) is 29.5. The van der Waals surface area contributed by atoms with Gasteiger partial charge in [0, 0.05) is 44.8 Å². The number of carbonyl (C=O) groups is 1. The number of amides is 1. The number of rotatable bonds is 10. The van der Waals surface area contributed by atoms with Crippen molar-refractivity contribution in [1.82, 2.24) is 14.7 Å². The van der Waals surface area contributed by atoms with E-state index in [1.807, 2.05) is 42.2 Å². The molecule has 0 saturated carbocycles. The monoisotopic (exact) mass is 574 g/mol. The number of nitrogens with two attached hydrogens (primary N) is 1. The molecule has 1 amide bonds. The van der Waals surface area contributed by atoms with Gasteiger partial charge in [0.05, 0.1) is 12.6 Å². The number of nitrogens with zero attached hydrogens (tertiary/aromatic N) is 3. The molecule has 7 nitrogen and oxygen atoms in total. The number of phenols is 1. The van der Waals surface area contributed by atoms with Crippen molar-refractivity contribution in [1.29, 1.82) is 0 Å². The molecule has 1 atom stereocenters. The van der Waals surface area contributed by atoms with Crippen LogP contribution >= 0.6 is 0 Å². The van der Waals surface area contributed by atoms with E-state index in [4.69, 9.17) is 10.5 Å². The van der Waals surface area contributed by atoms with Crippen molar-refractivity contribution >= 4 is 5.91 Å². The Labute approximate surface area is 248 Å². The van der Waals surface area contributed by atoms with Gasteiger partial charge in [-0.15, -0.1) is 0 Å². The highest BCUT2D eigenvalue weighted by molar-refractivity contribution is 5.82. The molecule has 2 aliphatic heterocycles. The second-order valence-electron chi connectivity index (χ2n) is 11.4. The lowest BCUT2D eigenvalue weighted by atomic mass is 9.88. The Balaban J connectivity index is 1.08. The topological polar surface area (TPSA) is 82.3 Å². The number of hydrogen-bond acceptors (Lipinski definition) is 6. The smallest absolute Gasteiger partial charge is 0.239 e. The van der Waals surface area contributed by atoms with Crippen LogP contribution in [-0.2, 0) is 17.8 Å². The zero-order valence-electron chi connectivity index (χ0n) is 24.6. The van der Waals surface area contributed by atoms with E-state index in [9.17, 15) is 14.3 Å². The molecule has 42 heavy (non-hydrogen) atoms. The van der Waals surface area contributed by atoms with Gasteiger partial charge in [0.15, 0.2) is 0 Å². The maximum atomic E-state index is 14.5. The second kappa shape index (κ2) is 14.1. The number of halogens is 1. The first-order chi connectivity index (χ1) is 20.4. The van der Waals surface area contributed by atoms with Crippen molar-refractivity contribution < 1.29 is 19.0 Å². The Morgan fingerprint density at radius 2 is 1.71 bits per heavy atom. The minimum Gasteiger partial charge on any atom is -0.508 e. The van der Waals surface area contributed by atoms with Gasteiger partial charge >= 0.3 is 0 Å². The second-order valence-corrected chi connectivity index (χ2v) is 11.4. The third kappa shape index (κ3) is 7.30. The maximum absolute atomic E-state index is 14.5. The summed E-state index contributed by atoms with van der Waals surface area (Å²) in [5.74, 6) is 0.814. The van der Waals surface area contributed by atoms with Crippen molar-refractivity contribution in [3.8, 4) is 22.6 Å². The lowest BCUT2D eigenvalue weighted by Gasteiger charge is -2.39. The summed E-state index contributed by atoms with van der Waals surface area (Å²) in [5, 5.41) is 10.1. The Morgan fingerprint density at radius 1 is 0.976 bits per heavy atom. The lowest BCUT2D eigenvalue weighted by Crippen LogP contribution is -2.55. The summed E-state index contributed by atoms with van der Waals surface area (Å²) < 4.78 is 20.1. The Hall–Kier alpha value is -3.46. The van der Waals surface area contributed by atoms with Crippen LogP contribution in [0.1, 0.15) is 30.9 Å². The van der Waals surface area contributed by atoms with E-state index in [2.05, 4.69) is 21.9 Å². The summed E-state index contributed by atoms with van der Waals surface area (Å²) in [6.45, 7) is 8.17. The third-order valence-electron chi connectivity index (χ3n) is 8.74. The van der Waals surface area contributed by atoms with Gasteiger partial charge in [-0.1, -0.05) is 42.5 Å². The molecule has 2 aliphatic rings. The molecule has 0 aliphatic carbocycles. The van der Waals surface area contributed by atoms with Crippen LogP contribution in [0.3, 0.4) is 0 Å². The van der Waals surface area contributed by atoms with E-state index in [1.165, 1.54) is 11.6 Å². The van der Waals surface area contributed by atoms with Gasteiger partial charge in [-0.2, -0.15) is 0 Å². The highest BCUT2D eigenvalue weighted by atomic mass is 19.1. The van der Waals surface area contributed by atoms with Gasteiger partial charge in [0.1, 0.15) is 17.3 Å². The molecular weight excluding hydrogens is 531 g/mol. The van der Waals surface area contributed by atoms with Crippen LogP contribution in [0.15, 0.2) is 66.7 Å². The molecule has 0 unspecified atom stereocenters. The number of phenolic OH excluding ortho intramolecular Hbond substituents is 1. The Bertz CT molecular complexity index is 1320. The van der Waals surface area contributed by atoms with Crippen LogP contribution < -0.4 is 10.5 Å². The van der Waals surface area contributed by atoms with Crippen molar-refractivity contribution in [3.63, 3.8) is 0 Å². The summed E-state index contributed by atoms with van der Waals surface area (Å²) >= 11 is 0. The normalized spacial score (nSPS) is 17.7. The van der Waals surface area contributed by atoms with E-state index in [0.717, 1.165) is 50.0 Å². The molecule has 2 heterocycles. The number of piperazine rings is 1. The minimum atomic E-state index is -0.489. The van der Waals surface area contributed by atoms with Crippen LogP contribution in [-0.4, -0.2) is 84.2 Å². The Morgan fingerprint density at radius 3 is 2.43 bits per heavy atom. The van der Waals surface area contributed by atoms with Gasteiger partial charge in [-0.05, 0) is 86.1 Å². The van der Waals surface area contributed by atoms with E-state index in [-0.39, 0.29) is 23.4 Å². The average molecular weight is 575 g/mol. The third-order valence-corrected chi connectivity index (χ3v) is 8.74. The standard InChI is InChI=1S/C34H43FN4O3/c1-2-42-32-10-6-9-31(35)30(32)24-38-19-21-39(22-20-38)34(41)33(36)27-14-17-37(18-15-27)16-13-26-11-12-28(40)23-29(26)25-7-4-3-5-8-25/h3-12,23,27,33,40H,2,13-22,24,36H2,1H3/t33-/m1/s1. The van der Waals surface area contributed by atoms with Gasteiger partial charge < -0.3 is 25.4 Å². The molecule has 5 rings (SSSR count). The molecule has 3 aromatic carbocycles. The molecule has 3 aromatic rings. The fourth-order valence-electron chi connectivity index (χ4n) is 6.23. The minimum absolute atomic E-state index is 0.0330. The molecule has 3 N–H and O–H groups in total. The molecule has 0 spiro atoms. The number of likely N-dealkylation sites (tertiary alicyclic amines) is 1. The average Bonchev–Trinajstić information content (AvgIpc) is 3.02. The summed E-state index contributed by atoms with van der Waals surface area (Å²) in [4.78, 5) is 19.8. The first-order valence-electron chi connectivity index (χ1n) is 15.2. The van der Waals surface area contributed by atoms with E-state index < -0.39 is 6.04 Å². The molecule has 2 fully saturated rings. The molecule has 2 saturated heterocycles. The van der Waals surface area contributed by atoms with Crippen molar-refractivity contribution in [3.05, 3.63) is 83.7 Å². The number of hydrogen-bond donors (Lipinski definition) is 2.